The number of rotatable bonds is 9. The van der Waals surface area contributed by atoms with Crippen molar-refractivity contribution in [2.45, 2.75) is 33.0 Å². The highest BCUT2D eigenvalue weighted by atomic mass is 19.1. The summed E-state index contributed by atoms with van der Waals surface area (Å²) >= 11 is 0. The Bertz CT molecular complexity index is 896. The first-order valence-electron chi connectivity index (χ1n) is 9.88. The molecule has 29 heavy (non-hydrogen) atoms. The van der Waals surface area contributed by atoms with E-state index in [2.05, 4.69) is 36.9 Å². The highest BCUT2D eigenvalue weighted by Crippen LogP contribution is 2.17. The van der Waals surface area contributed by atoms with Gasteiger partial charge in [0, 0.05) is 19.6 Å². The molecule has 1 unspecified atom stereocenters. The molecule has 0 aliphatic rings. The number of para-hydroxylation sites is 1. The van der Waals surface area contributed by atoms with Crippen LogP contribution >= 0.6 is 0 Å². The molecular weight excluding hydrogens is 365 g/mol. The fraction of sp³-hybridized carbons (Fsp3) is 0.280. The summed E-state index contributed by atoms with van der Waals surface area (Å²) in [4.78, 5) is 2.17. The van der Waals surface area contributed by atoms with Crippen molar-refractivity contribution >= 4 is 0 Å². The van der Waals surface area contributed by atoms with E-state index >= 15 is 0 Å². The smallest absolute Gasteiger partial charge is 0.123 e. The van der Waals surface area contributed by atoms with Crippen LogP contribution in [0.4, 0.5) is 4.39 Å². The number of hydrogen-bond acceptors (Lipinski definition) is 3. The Morgan fingerprint density at radius 2 is 1.66 bits per heavy atom. The minimum absolute atomic E-state index is 0.219. The lowest BCUT2D eigenvalue weighted by molar-refractivity contribution is 0.0628. The van der Waals surface area contributed by atoms with E-state index in [1.807, 2.05) is 30.3 Å². The molecular formula is C25H28FNO2. The summed E-state index contributed by atoms with van der Waals surface area (Å²) in [5, 5.41) is 10.6. The topological polar surface area (TPSA) is 32.7 Å². The molecule has 3 nitrogen and oxygen atoms in total. The predicted molar refractivity (Wildman–Crippen MR) is 114 cm³/mol. The standard InChI is InChI=1S/C25H28FNO2/c1-19-8-9-20(2)22(14-19)16-27(15-21-10-12-23(26)13-11-21)17-24(28)18-29-25-6-4-3-5-7-25/h3-14,24,28H,15-18H2,1-2H3. The van der Waals surface area contributed by atoms with Crippen molar-refractivity contribution in [1.29, 1.82) is 0 Å². The summed E-state index contributed by atoms with van der Waals surface area (Å²) < 4.78 is 19.0. The number of hydrogen-bond donors (Lipinski definition) is 1. The zero-order valence-corrected chi connectivity index (χ0v) is 17.0. The van der Waals surface area contributed by atoms with E-state index in [1.165, 1.54) is 28.8 Å². The van der Waals surface area contributed by atoms with E-state index in [-0.39, 0.29) is 12.4 Å². The van der Waals surface area contributed by atoms with Gasteiger partial charge in [-0.1, -0.05) is 54.1 Å². The Hall–Kier alpha value is -2.69. The van der Waals surface area contributed by atoms with Crippen LogP contribution in [0.1, 0.15) is 22.3 Å². The Balaban J connectivity index is 1.68. The van der Waals surface area contributed by atoms with Gasteiger partial charge in [0.05, 0.1) is 0 Å². The lowest BCUT2D eigenvalue weighted by atomic mass is 10.0. The fourth-order valence-corrected chi connectivity index (χ4v) is 3.30. The molecule has 0 heterocycles. The SMILES string of the molecule is Cc1ccc(C)c(CN(Cc2ccc(F)cc2)CC(O)COc2ccccc2)c1. The van der Waals surface area contributed by atoms with Gasteiger partial charge in [-0.15, -0.1) is 0 Å². The highest BCUT2D eigenvalue weighted by Gasteiger charge is 2.15. The van der Waals surface area contributed by atoms with Crippen molar-refractivity contribution in [2.75, 3.05) is 13.2 Å². The van der Waals surface area contributed by atoms with Crippen LogP contribution in [0.5, 0.6) is 5.75 Å². The lowest BCUT2D eigenvalue weighted by Crippen LogP contribution is -2.35. The third-order valence-electron chi connectivity index (χ3n) is 4.87. The van der Waals surface area contributed by atoms with E-state index in [4.69, 9.17) is 4.74 Å². The van der Waals surface area contributed by atoms with Crippen molar-refractivity contribution in [3.05, 3.63) is 101 Å². The molecule has 0 amide bonds. The van der Waals surface area contributed by atoms with Crippen LogP contribution in [-0.2, 0) is 13.1 Å². The summed E-state index contributed by atoms with van der Waals surface area (Å²) in [5.41, 5.74) is 4.66. The third-order valence-corrected chi connectivity index (χ3v) is 4.87. The van der Waals surface area contributed by atoms with Crippen LogP contribution in [0, 0.1) is 19.7 Å². The van der Waals surface area contributed by atoms with E-state index in [9.17, 15) is 9.50 Å². The second kappa shape index (κ2) is 10.2. The molecule has 4 heteroatoms. The second-order valence-corrected chi connectivity index (χ2v) is 7.50. The zero-order chi connectivity index (χ0) is 20.6. The Morgan fingerprint density at radius 1 is 0.931 bits per heavy atom. The van der Waals surface area contributed by atoms with E-state index in [1.54, 1.807) is 12.1 Å². The average Bonchev–Trinajstić information content (AvgIpc) is 2.71. The maximum absolute atomic E-state index is 13.3. The zero-order valence-electron chi connectivity index (χ0n) is 17.0. The summed E-state index contributed by atoms with van der Waals surface area (Å²) in [6.07, 6.45) is -0.638. The molecule has 3 rings (SSSR count). The van der Waals surface area contributed by atoms with Gasteiger partial charge in [0.25, 0.3) is 0 Å². The minimum atomic E-state index is -0.638. The van der Waals surface area contributed by atoms with Gasteiger partial charge < -0.3 is 9.84 Å². The summed E-state index contributed by atoms with van der Waals surface area (Å²) in [6.45, 7) is 6.17. The van der Waals surface area contributed by atoms with Crippen LogP contribution in [0.25, 0.3) is 0 Å². The van der Waals surface area contributed by atoms with Gasteiger partial charge in [-0.2, -0.15) is 0 Å². The quantitative estimate of drug-likeness (QED) is 0.562. The van der Waals surface area contributed by atoms with Gasteiger partial charge in [0.2, 0.25) is 0 Å². The average molecular weight is 394 g/mol. The van der Waals surface area contributed by atoms with Crippen LogP contribution in [0.3, 0.4) is 0 Å². The van der Waals surface area contributed by atoms with Crippen molar-refractivity contribution in [1.82, 2.24) is 4.90 Å². The third kappa shape index (κ3) is 6.70. The molecule has 0 aliphatic carbocycles. The van der Waals surface area contributed by atoms with Crippen LogP contribution in [-0.4, -0.2) is 29.3 Å². The molecule has 0 aliphatic heterocycles. The van der Waals surface area contributed by atoms with Gasteiger partial charge in [-0.05, 0) is 54.8 Å². The first-order valence-corrected chi connectivity index (χ1v) is 9.88. The first-order chi connectivity index (χ1) is 14.0. The van der Waals surface area contributed by atoms with Gasteiger partial charge in [-0.25, -0.2) is 4.39 Å². The normalized spacial score (nSPS) is 12.2. The number of aryl methyl sites for hydroxylation is 2. The number of benzene rings is 3. The van der Waals surface area contributed by atoms with Crippen LogP contribution in [0.2, 0.25) is 0 Å². The number of ether oxygens (including phenoxy) is 1. The number of nitrogens with zero attached hydrogens (tertiary/aromatic N) is 1. The number of aliphatic hydroxyl groups is 1. The molecule has 1 atom stereocenters. The molecule has 0 saturated carbocycles. The molecule has 3 aromatic rings. The van der Waals surface area contributed by atoms with E-state index in [0.29, 0.717) is 19.6 Å². The van der Waals surface area contributed by atoms with Crippen LogP contribution < -0.4 is 4.74 Å². The van der Waals surface area contributed by atoms with Crippen molar-refractivity contribution < 1.29 is 14.2 Å². The number of aliphatic hydroxyl groups excluding tert-OH is 1. The fourth-order valence-electron chi connectivity index (χ4n) is 3.30. The predicted octanol–water partition coefficient (Wildman–Crippen LogP) is 4.88. The summed E-state index contributed by atoms with van der Waals surface area (Å²) in [5.74, 6) is 0.497. The number of halogens is 1. The first kappa shape index (κ1) is 21.0. The van der Waals surface area contributed by atoms with E-state index in [0.717, 1.165) is 11.3 Å². The Kier molecular flexibility index (Phi) is 7.39. The lowest BCUT2D eigenvalue weighted by Gasteiger charge is -2.26. The maximum Gasteiger partial charge on any atom is 0.123 e. The van der Waals surface area contributed by atoms with Gasteiger partial charge in [0.1, 0.15) is 24.3 Å². The van der Waals surface area contributed by atoms with E-state index < -0.39 is 6.10 Å². The van der Waals surface area contributed by atoms with Gasteiger partial charge in [-0.3, -0.25) is 4.90 Å². The highest BCUT2D eigenvalue weighted by molar-refractivity contribution is 5.30. The molecule has 0 bridgehead atoms. The summed E-state index contributed by atoms with van der Waals surface area (Å²) in [6, 6.07) is 22.4. The molecule has 152 valence electrons. The van der Waals surface area contributed by atoms with Gasteiger partial charge in [0.15, 0.2) is 0 Å². The van der Waals surface area contributed by atoms with Crippen molar-refractivity contribution in [3.8, 4) is 5.75 Å². The molecule has 0 fully saturated rings. The monoisotopic (exact) mass is 393 g/mol. The maximum atomic E-state index is 13.3. The minimum Gasteiger partial charge on any atom is -0.491 e. The molecule has 0 spiro atoms. The Labute approximate surface area is 172 Å². The largest absolute Gasteiger partial charge is 0.491 e. The van der Waals surface area contributed by atoms with Crippen molar-refractivity contribution in [3.63, 3.8) is 0 Å². The molecule has 0 radical (unpaired) electrons. The molecule has 3 aromatic carbocycles. The van der Waals surface area contributed by atoms with Gasteiger partial charge >= 0.3 is 0 Å². The second-order valence-electron chi connectivity index (χ2n) is 7.50. The molecule has 0 aromatic heterocycles. The van der Waals surface area contributed by atoms with Crippen molar-refractivity contribution in [2.24, 2.45) is 0 Å². The molecule has 1 N–H and O–H groups in total. The Morgan fingerprint density at radius 3 is 2.38 bits per heavy atom. The molecule has 0 saturated heterocycles. The summed E-state index contributed by atoms with van der Waals surface area (Å²) in [7, 11) is 0. The van der Waals surface area contributed by atoms with Crippen LogP contribution in [0.15, 0.2) is 72.8 Å².